The third-order valence-electron chi connectivity index (χ3n) is 12.0. The third-order valence-corrected chi connectivity index (χ3v) is 12.0. The Morgan fingerprint density at radius 3 is 1.10 bits per heavy atom. The van der Waals surface area contributed by atoms with Gasteiger partial charge in [-0.3, -0.25) is 0 Å². The Morgan fingerprint density at radius 2 is 0.567 bits per heavy atom. The van der Waals surface area contributed by atoms with E-state index >= 15 is 0 Å². The monoisotopic (exact) mass is 858 g/mol. The van der Waals surface area contributed by atoms with Crippen molar-refractivity contribution >= 4 is 21.9 Å². The molecule has 0 bridgehead atoms. The van der Waals surface area contributed by atoms with Gasteiger partial charge in [-0.1, -0.05) is 194 Å². The smallest absolute Gasteiger partial charge is 0.164 e. The molecular weight excluding hydrogens is 821 g/mol. The van der Waals surface area contributed by atoms with Crippen LogP contribution in [-0.4, -0.2) is 29.9 Å². The number of para-hydroxylation sites is 1. The minimum atomic E-state index is 0.521. The van der Waals surface area contributed by atoms with Crippen LogP contribution < -0.4 is 0 Å². The molecule has 12 rings (SSSR count). The van der Waals surface area contributed by atoms with Gasteiger partial charge in [0.2, 0.25) is 0 Å². The number of rotatable bonds is 9. The molecule has 0 radical (unpaired) electrons. The molecule has 7 heteroatoms. The molecule has 0 spiro atoms. The van der Waals surface area contributed by atoms with Crippen LogP contribution in [0.3, 0.4) is 0 Å². The molecule has 0 aliphatic carbocycles. The number of furan rings is 1. The van der Waals surface area contributed by atoms with Gasteiger partial charge in [-0.25, -0.2) is 29.9 Å². The summed E-state index contributed by atoms with van der Waals surface area (Å²) in [5, 5.41) is 2.16. The summed E-state index contributed by atoms with van der Waals surface area (Å²) < 4.78 is 6.17. The van der Waals surface area contributed by atoms with Gasteiger partial charge in [0.05, 0.1) is 0 Å². The van der Waals surface area contributed by atoms with Gasteiger partial charge in [0.1, 0.15) is 11.2 Å². The van der Waals surface area contributed by atoms with Crippen molar-refractivity contribution in [2.75, 3.05) is 0 Å². The van der Waals surface area contributed by atoms with Crippen LogP contribution in [0.5, 0.6) is 0 Å². The molecule has 0 saturated carbocycles. The van der Waals surface area contributed by atoms with E-state index in [2.05, 4.69) is 115 Å². The predicted molar refractivity (Wildman–Crippen MR) is 269 cm³/mol. The average Bonchev–Trinajstić information content (AvgIpc) is 3.79. The fourth-order valence-corrected chi connectivity index (χ4v) is 8.65. The fraction of sp³-hybridized carbons (Fsp3) is 0. The molecule has 0 saturated heterocycles. The number of hydrogen-bond donors (Lipinski definition) is 0. The van der Waals surface area contributed by atoms with E-state index < -0.39 is 0 Å². The van der Waals surface area contributed by atoms with E-state index in [1.54, 1.807) is 0 Å². The first-order valence-corrected chi connectivity index (χ1v) is 22.2. The molecule has 67 heavy (non-hydrogen) atoms. The lowest BCUT2D eigenvalue weighted by Gasteiger charge is -2.14. The van der Waals surface area contributed by atoms with E-state index in [1.807, 2.05) is 115 Å². The zero-order valence-corrected chi connectivity index (χ0v) is 36.0. The number of nitrogens with zero attached hydrogens (tertiary/aromatic N) is 6. The van der Waals surface area contributed by atoms with E-state index in [4.69, 9.17) is 34.3 Å². The van der Waals surface area contributed by atoms with Gasteiger partial charge in [-0.05, 0) is 69.8 Å². The number of fused-ring (bicyclic) bond motifs is 3. The van der Waals surface area contributed by atoms with Gasteiger partial charge in [0.15, 0.2) is 34.9 Å². The Balaban J connectivity index is 1.02. The maximum atomic E-state index is 6.17. The molecule has 0 aliphatic heterocycles. The summed E-state index contributed by atoms with van der Waals surface area (Å²) in [5.41, 5.74) is 13.4. The molecule has 9 aromatic carbocycles. The van der Waals surface area contributed by atoms with E-state index in [-0.39, 0.29) is 0 Å². The quantitative estimate of drug-likeness (QED) is 0.143. The Labute approximate surface area is 386 Å². The second kappa shape index (κ2) is 17.1. The molecule has 0 fully saturated rings. The number of benzene rings is 9. The predicted octanol–water partition coefficient (Wildman–Crippen LogP) is 15.0. The maximum absolute atomic E-state index is 6.17. The Kier molecular flexibility index (Phi) is 10.0. The molecule has 0 atom stereocenters. The summed E-state index contributed by atoms with van der Waals surface area (Å²) in [4.78, 5) is 30.7. The molecular formula is C60H38N6O. The standard InChI is InChI=1S/C60H38N6O/c1-5-17-39(18-6-1)49-33-31-48(38-51(49)40-19-7-2-8-20-40)60-65-57(45-26-15-25-43(35-45)44-32-34-54-52(37-44)50-29-13-14-30-53(50)67-54)64-59(66-60)47-28-16-27-46(36-47)58-62-55(41-21-9-3-10-22-41)61-56(63-58)42-23-11-4-12-24-42/h1-38H. The fourth-order valence-electron chi connectivity index (χ4n) is 8.65. The highest BCUT2D eigenvalue weighted by Gasteiger charge is 2.18. The molecule has 0 amide bonds. The number of aromatic nitrogens is 6. The van der Waals surface area contributed by atoms with Crippen molar-refractivity contribution in [3.63, 3.8) is 0 Å². The van der Waals surface area contributed by atoms with Crippen molar-refractivity contribution in [3.8, 4) is 102 Å². The second-order valence-electron chi connectivity index (χ2n) is 16.3. The largest absolute Gasteiger partial charge is 0.456 e. The lowest BCUT2D eigenvalue weighted by molar-refractivity contribution is 0.669. The molecule has 0 N–H and O–H groups in total. The molecule has 3 aromatic heterocycles. The lowest BCUT2D eigenvalue weighted by Crippen LogP contribution is -2.02. The van der Waals surface area contributed by atoms with Crippen LogP contribution in [0.1, 0.15) is 0 Å². The second-order valence-corrected chi connectivity index (χ2v) is 16.3. The summed E-state index contributed by atoms with van der Waals surface area (Å²) in [5.74, 6) is 3.35. The van der Waals surface area contributed by atoms with Crippen molar-refractivity contribution < 1.29 is 4.42 Å². The molecule has 7 nitrogen and oxygen atoms in total. The first-order valence-electron chi connectivity index (χ1n) is 22.2. The topological polar surface area (TPSA) is 90.5 Å². The minimum Gasteiger partial charge on any atom is -0.456 e. The van der Waals surface area contributed by atoms with Crippen LogP contribution in [0.25, 0.3) is 124 Å². The molecule has 314 valence electrons. The van der Waals surface area contributed by atoms with Crippen molar-refractivity contribution in [2.45, 2.75) is 0 Å². The van der Waals surface area contributed by atoms with E-state index in [9.17, 15) is 0 Å². The summed E-state index contributed by atoms with van der Waals surface area (Å²) in [6.45, 7) is 0. The highest BCUT2D eigenvalue weighted by atomic mass is 16.3. The highest BCUT2D eigenvalue weighted by molar-refractivity contribution is 6.06. The van der Waals surface area contributed by atoms with Gasteiger partial charge in [0, 0.05) is 44.2 Å². The van der Waals surface area contributed by atoms with Crippen LogP contribution in [0, 0.1) is 0 Å². The van der Waals surface area contributed by atoms with E-state index in [0.717, 1.165) is 88.7 Å². The maximum Gasteiger partial charge on any atom is 0.164 e. The van der Waals surface area contributed by atoms with E-state index in [1.165, 1.54) is 0 Å². The normalized spacial score (nSPS) is 11.3. The number of hydrogen-bond acceptors (Lipinski definition) is 7. The summed E-state index contributed by atoms with van der Waals surface area (Å²) in [6, 6.07) is 78.4. The zero-order chi connectivity index (χ0) is 44.5. The Hall–Kier alpha value is -9.20. The van der Waals surface area contributed by atoms with Crippen molar-refractivity contribution in [1.82, 2.24) is 29.9 Å². The first-order chi connectivity index (χ1) is 33.2. The Bertz CT molecular complexity index is 3690. The third kappa shape index (κ3) is 7.81. The van der Waals surface area contributed by atoms with Crippen molar-refractivity contribution in [1.29, 1.82) is 0 Å². The Morgan fingerprint density at radius 1 is 0.209 bits per heavy atom. The van der Waals surface area contributed by atoms with Crippen molar-refractivity contribution in [3.05, 3.63) is 231 Å². The molecule has 3 heterocycles. The lowest BCUT2D eigenvalue weighted by atomic mass is 9.92. The summed E-state index contributed by atoms with van der Waals surface area (Å²) in [6.07, 6.45) is 0. The first kappa shape index (κ1) is 39.4. The van der Waals surface area contributed by atoms with Gasteiger partial charge < -0.3 is 4.42 Å². The highest BCUT2D eigenvalue weighted by Crippen LogP contribution is 2.38. The van der Waals surface area contributed by atoms with Gasteiger partial charge >= 0.3 is 0 Å². The van der Waals surface area contributed by atoms with E-state index in [0.29, 0.717) is 34.9 Å². The van der Waals surface area contributed by atoms with Crippen LogP contribution >= 0.6 is 0 Å². The summed E-state index contributed by atoms with van der Waals surface area (Å²) >= 11 is 0. The molecule has 0 unspecified atom stereocenters. The van der Waals surface area contributed by atoms with Crippen LogP contribution in [0.2, 0.25) is 0 Å². The molecule has 0 aliphatic rings. The van der Waals surface area contributed by atoms with Crippen LogP contribution in [0.15, 0.2) is 235 Å². The van der Waals surface area contributed by atoms with Gasteiger partial charge in [0.25, 0.3) is 0 Å². The van der Waals surface area contributed by atoms with Crippen LogP contribution in [0.4, 0.5) is 0 Å². The average molecular weight is 859 g/mol. The van der Waals surface area contributed by atoms with Crippen LogP contribution in [-0.2, 0) is 0 Å². The SMILES string of the molecule is c1ccc(-c2nc(-c3ccccc3)nc(-c3cccc(-c4nc(-c5cccc(-c6ccc7oc8ccccc8c7c6)c5)nc(-c5ccc(-c6ccccc6)c(-c6ccccc6)c5)n4)c3)n2)cc1. The molecule has 12 aromatic rings. The van der Waals surface area contributed by atoms with Gasteiger partial charge in [-0.15, -0.1) is 0 Å². The zero-order valence-electron chi connectivity index (χ0n) is 36.0. The summed E-state index contributed by atoms with van der Waals surface area (Å²) in [7, 11) is 0. The van der Waals surface area contributed by atoms with Gasteiger partial charge in [-0.2, -0.15) is 0 Å². The minimum absolute atomic E-state index is 0.521. The van der Waals surface area contributed by atoms with Crippen molar-refractivity contribution in [2.24, 2.45) is 0 Å².